The van der Waals surface area contributed by atoms with Gasteiger partial charge in [-0.1, -0.05) is 105 Å². The van der Waals surface area contributed by atoms with E-state index >= 15 is 0 Å². The van der Waals surface area contributed by atoms with Gasteiger partial charge < -0.3 is 5.11 Å². The Kier molecular flexibility index (Phi) is 6.93. The Labute approximate surface area is 210 Å². The van der Waals surface area contributed by atoms with E-state index in [0.29, 0.717) is 5.75 Å². The van der Waals surface area contributed by atoms with Crippen molar-refractivity contribution in [2.75, 3.05) is 0 Å². The maximum absolute atomic E-state index is 11.1. The number of phenols is 1. The zero-order valence-corrected chi connectivity index (χ0v) is 21.6. The fourth-order valence-electron chi connectivity index (χ4n) is 4.84. The molecule has 0 spiro atoms. The second-order valence-corrected chi connectivity index (χ2v) is 10.5. The zero-order valence-electron chi connectivity index (χ0n) is 21.6. The molecule has 0 aliphatic heterocycles. The highest BCUT2D eigenvalue weighted by atomic mass is 16.3. The molecule has 0 fully saturated rings. The molecule has 0 atom stereocenters. The van der Waals surface area contributed by atoms with Gasteiger partial charge in [0, 0.05) is 23.3 Å². The third-order valence-electron chi connectivity index (χ3n) is 6.48. The van der Waals surface area contributed by atoms with Crippen molar-refractivity contribution in [3.63, 3.8) is 0 Å². The molecule has 4 rings (SSSR count). The summed E-state index contributed by atoms with van der Waals surface area (Å²) < 4.78 is 0. The molecule has 0 aliphatic carbocycles. The molecule has 0 heterocycles. The van der Waals surface area contributed by atoms with Crippen LogP contribution in [0, 0.1) is 20.8 Å². The van der Waals surface area contributed by atoms with Crippen LogP contribution in [0.4, 0.5) is 5.69 Å². The lowest BCUT2D eigenvalue weighted by Crippen LogP contribution is -2.12. The first-order chi connectivity index (χ1) is 16.6. The third-order valence-corrected chi connectivity index (χ3v) is 6.48. The summed E-state index contributed by atoms with van der Waals surface area (Å²) in [6, 6.07) is 29.7. The topological polar surface area (TPSA) is 32.6 Å². The zero-order chi connectivity index (χ0) is 25.2. The minimum Gasteiger partial charge on any atom is -0.507 e. The lowest BCUT2D eigenvalue weighted by Gasteiger charge is -2.23. The first-order valence-corrected chi connectivity index (χ1v) is 12.2. The van der Waals surface area contributed by atoms with Gasteiger partial charge in [-0.3, -0.25) is 4.99 Å². The van der Waals surface area contributed by atoms with Crippen LogP contribution in [0.5, 0.6) is 5.75 Å². The van der Waals surface area contributed by atoms with Crippen molar-refractivity contribution in [2.45, 2.75) is 52.9 Å². The number of hydrogen-bond acceptors (Lipinski definition) is 2. The molecular formula is C33H35NO. The van der Waals surface area contributed by atoms with Gasteiger partial charge in [-0.05, 0) is 60.1 Å². The van der Waals surface area contributed by atoms with Crippen molar-refractivity contribution in [3.8, 4) is 5.75 Å². The number of nitrogens with zero attached hydrogens (tertiary/aromatic N) is 1. The summed E-state index contributed by atoms with van der Waals surface area (Å²) in [4.78, 5) is 5.03. The number of phenolic OH excluding ortho intramolecular Hbond substituents is 1. The summed E-state index contributed by atoms with van der Waals surface area (Å²) in [5.74, 6) is 0.361. The van der Waals surface area contributed by atoms with Gasteiger partial charge in [-0.15, -0.1) is 0 Å². The first kappa shape index (κ1) is 24.5. The van der Waals surface area contributed by atoms with Crippen LogP contribution in [0.25, 0.3) is 0 Å². The molecule has 0 unspecified atom stereocenters. The van der Waals surface area contributed by atoms with Crippen LogP contribution < -0.4 is 0 Å². The van der Waals surface area contributed by atoms with Crippen LogP contribution in [0.3, 0.4) is 0 Å². The number of benzene rings is 4. The number of rotatable bonds is 5. The Morgan fingerprint density at radius 1 is 0.743 bits per heavy atom. The number of aliphatic imine (C=N–C) groups is 1. The summed E-state index contributed by atoms with van der Waals surface area (Å²) in [6.45, 7) is 12.7. The van der Waals surface area contributed by atoms with E-state index in [1.54, 1.807) is 0 Å². The van der Waals surface area contributed by atoms with Gasteiger partial charge in [0.05, 0.1) is 5.69 Å². The fourth-order valence-corrected chi connectivity index (χ4v) is 4.84. The number of aromatic hydroxyl groups is 1. The van der Waals surface area contributed by atoms with Crippen LogP contribution in [-0.4, -0.2) is 11.3 Å². The lowest BCUT2D eigenvalue weighted by atomic mass is 9.82. The molecule has 0 saturated heterocycles. The van der Waals surface area contributed by atoms with Crippen LogP contribution >= 0.6 is 0 Å². The Bertz CT molecular complexity index is 1310. The largest absolute Gasteiger partial charge is 0.507 e. The van der Waals surface area contributed by atoms with Crippen LogP contribution in [0.15, 0.2) is 89.9 Å². The van der Waals surface area contributed by atoms with E-state index in [1.165, 1.54) is 22.3 Å². The van der Waals surface area contributed by atoms with E-state index in [4.69, 9.17) is 4.99 Å². The molecular weight excluding hydrogens is 426 g/mol. The van der Waals surface area contributed by atoms with Crippen LogP contribution in [0.2, 0.25) is 0 Å². The summed E-state index contributed by atoms with van der Waals surface area (Å²) >= 11 is 0. The van der Waals surface area contributed by atoms with Crippen molar-refractivity contribution in [2.24, 2.45) is 4.99 Å². The van der Waals surface area contributed by atoms with E-state index in [0.717, 1.165) is 27.9 Å². The Morgan fingerprint density at radius 3 is 1.83 bits per heavy atom. The Morgan fingerprint density at radius 2 is 1.29 bits per heavy atom. The molecule has 4 aromatic rings. The minimum atomic E-state index is -0.157. The third kappa shape index (κ3) is 5.38. The van der Waals surface area contributed by atoms with Crippen LogP contribution in [0.1, 0.15) is 71.2 Å². The maximum Gasteiger partial charge on any atom is 0.128 e. The van der Waals surface area contributed by atoms with E-state index in [-0.39, 0.29) is 11.3 Å². The summed E-state index contributed by atoms with van der Waals surface area (Å²) in [6.07, 6.45) is 1.83. The second-order valence-electron chi connectivity index (χ2n) is 10.5. The molecule has 35 heavy (non-hydrogen) atoms. The SMILES string of the molecule is Cc1cc(C)c(N=Cc2cc(C)cc(C(C)(C)C)c2O)c(C(c2ccccc2)c2ccccc2)c1. The standard InChI is InChI=1S/C33H35NO/c1-22-17-24(3)31(34-21-27-18-23(2)20-29(32(27)35)33(4,5)6)28(19-22)30(25-13-9-7-10-14-25)26-15-11-8-12-16-26/h7-21,30,35H,1-6H3. The number of hydrogen-bond donors (Lipinski definition) is 1. The maximum atomic E-state index is 11.1. The molecule has 0 amide bonds. The fraction of sp³-hybridized carbons (Fsp3) is 0.242. The predicted molar refractivity (Wildman–Crippen MR) is 149 cm³/mol. The monoisotopic (exact) mass is 461 g/mol. The van der Waals surface area contributed by atoms with Gasteiger partial charge in [0.2, 0.25) is 0 Å². The second kappa shape index (κ2) is 9.92. The number of aryl methyl sites for hydroxylation is 3. The molecule has 2 nitrogen and oxygen atoms in total. The summed E-state index contributed by atoms with van der Waals surface area (Å²) in [7, 11) is 0. The molecule has 0 saturated carbocycles. The van der Waals surface area contributed by atoms with Gasteiger partial charge in [0.1, 0.15) is 5.75 Å². The van der Waals surface area contributed by atoms with Gasteiger partial charge in [-0.25, -0.2) is 0 Å². The van der Waals surface area contributed by atoms with Crippen molar-refractivity contribution in [1.29, 1.82) is 0 Å². The minimum absolute atomic E-state index is 0.0550. The highest BCUT2D eigenvalue weighted by Gasteiger charge is 2.22. The molecule has 0 aromatic heterocycles. The molecule has 0 radical (unpaired) electrons. The van der Waals surface area contributed by atoms with Gasteiger partial charge in [-0.2, -0.15) is 0 Å². The normalized spacial score (nSPS) is 12.0. The highest BCUT2D eigenvalue weighted by molar-refractivity contribution is 5.87. The lowest BCUT2D eigenvalue weighted by molar-refractivity contribution is 0.445. The molecule has 178 valence electrons. The smallest absolute Gasteiger partial charge is 0.128 e. The molecule has 2 heteroatoms. The van der Waals surface area contributed by atoms with E-state index in [2.05, 4.69) is 120 Å². The quantitative estimate of drug-likeness (QED) is 0.234. The van der Waals surface area contributed by atoms with Crippen molar-refractivity contribution in [3.05, 3.63) is 129 Å². The summed E-state index contributed by atoms with van der Waals surface area (Å²) in [5.41, 5.74) is 9.55. The van der Waals surface area contributed by atoms with E-state index < -0.39 is 0 Å². The Hall–Kier alpha value is -3.65. The van der Waals surface area contributed by atoms with Crippen molar-refractivity contribution in [1.82, 2.24) is 0 Å². The van der Waals surface area contributed by atoms with Gasteiger partial charge in [0.25, 0.3) is 0 Å². The van der Waals surface area contributed by atoms with Gasteiger partial charge in [0.15, 0.2) is 0 Å². The first-order valence-electron chi connectivity index (χ1n) is 12.2. The molecule has 0 aliphatic rings. The molecule has 4 aromatic carbocycles. The summed E-state index contributed by atoms with van der Waals surface area (Å²) in [5, 5.41) is 11.1. The molecule has 0 bridgehead atoms. The molecule has 1 N–H and O–H groups in total. The van der Waals surface area contributed by atoms with E-state index in [1.807, 2.05) is 12.3 Å². The van der Waals surface area contributed by atoms with Crippen LogP contribution in [-0.2, 0) is 5.41 Å². The van der Waals surface area contributed by atoms with Crippen molar-refractivity contribution >= 4 is 11.9 Å². The predicted octanol–water partition coefficient (Wildman–Crippen LogP) is 8.55. The average Bonchev–Trinajstić information content (AvgIpc) is 2.81. The van der Waals surface area contributed by atoms with Gasteiger partial charge >= 0.3 is 0 Å². The van der Waals surface area contributed by atoms with Crippen molar-refractivity contribution < 1.29 is 5.11 Å². The average molecular weight is 462 g/mol. The Balaban J connectivity index is 1.90. The highest BCUT2D eigenvalue weighted by Crippen LogP contribution is 2.40. The van der Waals surface area contributed by atoms with E-state index in [9.17, 15) is 5.11 Å².